The Labute approximate surface area is 116 Å². The first kappa shape index (κ1) is 12.3. The first-order valence-electron chi connectivity index (χ1n) is 6.10. The number of carbonyl (C=O) groups is 1. The average Bonchev–Trinajstić information content (AvgIpc) is 2.81. The lowest BCUT2D eigenvalue weighted by Crippen LogP contribution is -2.12. The van der Waals surface area contributed by atoms with Gasteiger partial charge in [-0.25, -0.2) is 0 Å². The van der Waals surface area contributed by atoms with E-state index < -0.39 is 0 Å². The lowest BCUT2D eigenvalue weighted by molar-refractivity contribution is 0.102. The summed E-state index contributed by atoms with van der Waals surface area (Å²) in [5.41, 5.74) is 2.44. The monoisotopic (exact) mass is 264 g/mol. The molecule has 0 saturated heterocycles. The first-order valence-corrected chi connectivity index (χ1v) is 6.10. The van der Waals surface area contributed by atoms with Gasteiger partial charge in [-0.05, 0) is 48.9 Å². The number of aromatic nitrogens is 1. The van der Waals surface area contributed by atoms with Gasteiger partial charge < -0.3 is 15.4 Å². The molecule has 98 valence electrons. The molecule has 0 bridgehead atoms. The van der Waals surface area contributed by atoms with Crippen LogP contribution in [0.1, 0.15) is 16.1 Å². The van der Waals surface area contributed by atoms with E-state index in [9.17, 15) is 9.90 Å². The Morgan fingerprint density at radius 2 is 2.00 bits per heavy atom. The zero-order chi connectivity index (χ0) is 14.1. The number of phenolic OH excluding ortho intramolecular Hbond substituents is 1. The minimum atomic E-state index is -0.258. The van der Waals surface area contributed by atoms with E-state index in [1.807, 2.05) is 0 Å². The number of hydrogen-bond acceptors (Lipinski definition) is 2. The summed E-state index contributed by atoms with van der Waals surface area (Å²) < 4.78 is 0. The Morgan fingerprint density at radius 1 is 1.15 bits per heavy atom. The number of rotatable bonds is 2. The second-order valence-corrected chi connectivity index (χ2v) is 4.53. The molecule has 0 fully saturated rings. The lowest BCUT2D eigenvalue weighted by atomic mass is 10.2. The van der Waals surface area contributed by atoms with Gasteiger partial charge in [0.05, 0.1) is 0 Å². The van der Waals surface area contributed by atoms with Gasteiger partial charge in [0.25, 0.3) is 5.91 Å². The molecule has 0 unspecified atom stereocenters. The van der Waals surface area contributed by atoms with Crippen LogP contribution in [0.3, 0.4) is 0 Å². The number of anilines is 1. The summed E-state index contributed by atoms with van der Waals surface area (Å²) in [6.45, 7) is 5.66. The lowest BCUT2D eigenvalue weighted by Gasteiger charge is -2.04. The molecule has 2 radical (unpaired) electrons. The molecule has 0 saturated carbocycles. The average molecular weight is 264 g/mol. The summed E-state index contributed by atoms with van der Waals surface area (Å²) in [4.78, 5) is 15.1. The number of nitrogens with one attached hydrogen (secondary N) is 2. The van der Waals surface area contributed by atoms with E-state index in [0.29, 0.717) is 16.9 Å². The third-order valence-corrected chi connectivity index (χ3v) is 2.99. The van der Waals surface area contributed by atoms with Crippen LogP contribution < -0.4 is 5.32 Å². The van der Waals surface area contributed by atoms with Crippen LogP contribution in [0, 0.1) is 6.92 Å². The van der Waals surface area contributed by atoms with E-state index in [-0.39, 0.29) is 11.7 Å². The molecule has 0 aliphatic carbocycles. The molecule has 4 nitrogen and oxygen atoms in total. The molecule has 3 N–H and O–H groups in total. The van der Waals surface area contributed by atoms with Crippen molar-refractivity contribution < 1.29 is 9.90 Å². The molecule has 0 aliphatic rings. The fourth-order valence-electron chi connectivity index (χ4n) is 2.06. The molecule has 20 heavy (non-hydrogen) atoms. The van der Waals surface area contributed by atoms with Crippen molar-refractivity contribution in [2.45, 2.75) is 0 Å². The number of aromatic amines is 1. The van der Waals surface area contributed by atoms with Crippen LogP contribution in [-0.4, -0.2) is 16.0 Å². The third-order valence-electron chi connectivity index (χ3n) is 2.99. The summed E-state index contributed by atoms with van der Waals surface area (Å²) in [5.74, 6) is -0.0921. The maximum Gasteiger partial charge on any atom is 0.272 e. The van der Waals surface area contributed by atoms with Gasteiger partial charge in [0, 0.05) is 16.6 Å². The summed E-state index contributed by atoms with van der Waals surface area (Å²) in [6.07, 6.45) is 0. The highest BCUT2D eigenvalue weighted by Gasteiger charge is 2.10. The molecule has 1 heterocycles. The van der Waals surface area contributed by atoms with Gasteiger partial charge >= 0.3 is 0 Å². The van der Waals surface area contributed by atoms with Crippen LogP contribution in [0.4, 0.5) is 5.69 Å². The number of carbonyl (C=O) groups excluding carboxylic acids is 1. The van der Waals surface area contributed by atoms with E-state index in [1.54, 1.807) is 48.5 Å². The van der Waals surface area contributed by atoms with Crippen LogP contribution in [-0.2, 0) is 0 Å². The van der Waals surface area contributed by atoms with Gasteiger partial charge in [0.2, 0.25) is 0 Å². The molecule has 0 atom stereocenters. The van der Waals surface area contributed by atoms with Gasteiger partial charge in [0.1, 0.15) is 11.4 Å². The zero-order valence-electron chi connectivity index (χ0n) is 10.6. The Hall–Kier alpha value is -2.75. The number of phenols is 1. The SMILES string of the molecule is [CH]c1cccc(NC(=O)c2cc3cc(O)ccc3[nH]2)c1. The number of hydrogen-bond donors (Lipinski definition) is 3. The fourth-order valence-corrected chi connectivity index (χ4v) is 2.06. The second-order valence-electron chi connectivity index (χ2n) is 4.53. The van der Waals surface area contributed by atoms with Crippen LogP contribution >= 0.6 is 0 Å². The Bertz CT molecular complexity index is 790. The number of amides is 1. The van der Waals surface area contributed by atoms with E-state index in [0.717, 1.165) is 10.9 Å². The summed E-state index contributed by atoms with van der Waals surface area (Å²) in [6, 6.07) is 13.6. The van der Waals surface area contributed by atoms with Crippen molar-refractivity contribution in [3.8, 4) is 5.75 Å². The number of H-pyrrole nitrogens is 1. The van der Waals surface area contributed by atoms with E-state index in [1.165, 1.54) is 0 Å². The van der Waals surface area contributed by atoms with E-state index >= 15 is 0 Å². The van der Waals surface area contributed by atoms with E-state index in [2.05, 4.69) is 10.3 Å². The van der Waals surface area contributed by atoms with Gasteiger partial charge in [-0.1, -0.05) is 12.1 Å². The Kier molecular flexibility index (Phi) is 2.91. The highest BCUT2D eigenvalue weighted by molar-refractivity contribution is 6.06. The maximum absolute atomic E-state index is 12.1. The molecule has 1 aromatic heterocycles. The molecular formula is C16H12N2O2. The van der Waals surface area contributed by atoms with Crippen molar-refractivity contribution in [2.24, 2.45) is 0 Å². The standard InChI is InChI=1S/C16H12N2O2/c1-10-3-2-4-12(7-10)17-16(20)15-9-11-8-13(19)5-6-14(11)18-15/h1-9,18-19H,(H,17,20). The molecular weight excluding hydrogens is 252 g/mol. The molecule has 2 aromatic carbocycles. The number of benzene rings is 2. The Morgan fingerprint density at radius 3 is 2.80 bits per heavy atom. The van der Waals surface area contributed by atoms with Crippen molar-refractivity contribution in [2.75, 3.05) is 5.32 Å². The smallest absolute Gasteiger partial charge is 0.272 e. The molecule has 3 rings (SSSR count). The molecule has 4 heteroatoms. The largest absolute Gasteiger partial charge is 0.508 e. The maximum atomic E-state index is 12.1. The highest BCUT2D eigenvalue weighted by Crippen LogP contribution is 2.21. The predicted molar refractivity (Wildman–Crippen MR) is 77.8 cm³/mol. The summed E-state index contributed by atoms with van der Waals surface area (Å²) in [5, 5.41) is 13.0. The normalized spacial score (nSPS) is 10.7. The highest BCUT2D eigenvalue weighted by atomic mass is 16.3. The molecule has 0 spiro atoms. The molecule has 0 aliphatic heterocycles. The Balaban J connectivity index is 1.88. The predicted octanol–water partition coefficient (Wildman–Crippen LogP) is 3.18. The van der Waals surface area contributed by atoms with Crippen LogP contribution in [0.25, 0.3) is 10.9 Å². The minimum absolute atomic E-state index is 0.166. The van der Waals surface area contributed by atoms with Gasteiger partial charge in [-0.15, -0.1) is 0 Å². The van der Waals surface area contributed by atoms with Crippen molar-refractivity contribution in [3.05, 3.63) is 66.7 Å². The first-order chi connectivity index (χ1) is 9.61. The summed E-state index contributed by atoms with van der Waals surface area (Å²) >= 11 is 0. The van der Waals surface area contributed by atoms with Crippen molar-refractivity contribution in [3.63, 3.8) is 0 Å². The molecule has 3 aromatic rings. The van der Waals surface area contributed by atoms with E-state index in [4.69, 9.17) is 6.92 Å². The van der Waals surface area contributed by atoms with Crippen molar-refractivity contribution >= 4 is 22.5 Å². The zero-order valence-corrected chi connectivity index (χ0v) is 10.6. The second kappa shape index (κ2) is 4.74. The topological polar surface area (TPSA) is 65.1 Å². The quantitative estimate of drug-likeness (QED) is 0.665. The minimum Gasteiger partial charge on any atom is -0.508 e. The van der Waals surface area contributed by atoms with Crippen LogP contribution in [0.2, 0.25) is 0 Å². The third kappa shape index (κ3) is 2.36. The van der Waals surface area contributed by atoms with Crippen molar-refractivity contribution in [1.29, 1.82) is 0 Å². The number of fused-ring (bicyclic) bond motifs is 1. The van der Waals surface area contributed by atoms with Crippen LogP contribution in [0.5, 0.6) is 5.75 Å². The van der Waals surface area contributed by atoms with Gasteiger partial charge in [-0.2, -0.15) is 0 Å². The molecule has 1 amide bonds. The summed E-state index contributed by atoms with van der Waals surface area (Å²) in [7, 11) is 0. The fraction of sp³-hybridized carbons (Fsp3) is 0. The van der Waals surface area contributed by atoms with Gasteiger partial charge in [0.15, 0.2) is 0 Å². The van der Waals surface area contributed by atoms with Gasteiger partial charge in [-0.3, -0.25) is 4.79 Å². The number of aromatic hydroxyl groups is 1. The van der Waals surface area contributed by atoms with Crippen LogP contribution in [0.15, 0.2) is 48.5 Å². The van der Waals surface area contributed by atoms with Crippen molar-refractivity contribution in [1.82, 2.24) is 4.98 Å².